The number of halogens is 3. The molecule has 1 heterocycles. The quantitative estimate of drug-likeness (QED) is 0.472. The summed E-state index contributed by atoms with van der Waals surface area (Å²) >= 11 is 1.50. The first-order valence-electron chi connectivity index (χ1n) is 5.11. The average molecular weight is 279 g/mol. The Morgan fingerprint density at radius 2 is 2.22 bits per heavy atom. The summed E-state index contributed by atoms with van der Waals surface area (Å²) in [4.78, 5) is 12.4. The summed E-state index contributed by atoms with van der Waals surface area (Å²) in [6.07, 6.45) is -1.85. The van der Waals surface area contributed by atoms with Crippen molar-refractivity contribution in [1.29, 1.82) is 0 Å². The van der Waals surface area contributed by atoms with Crippen LogP contribution in [0.1, 0.15) is 18.3 Å². The topological polar surface area (TPSA) is 47.4 Å². The van der Waals surface area contributed by atoms with Crippen LogP contribution in [0.3, 0.4) is 0 Å². The van der Waals surface area contributed by atoms with Crippen molar-refractivity contribution in [2.45, 2.75) is 25.0 Å². The van der Waals surface area contributed by atoms with Gasteiger partial charge in [0.2, 0.25) is 6.61 Å². The van der Waals surface area contributed by atoms with Crippen molar-refractivity contribution < 1.29 is 18.0 Å². The van der Waals surface area contributed by atoms with Crippen molar-refractivity contribution in [1.82, 2.24) is 9.97 Å². The molecule has 0 atom stereocenters. The third-order valence-electron chi connectivity index (χ3n) is 1.70. The Bertz CT molecular complexity index is 423. The number of aryl methyl sites for hydroxylation is 1. The predicted molar refractivity (Wildman–Crippen MR) is 62.8 cm³/mol. The third kappa shape index (κ3) is 5.35. The Kier molecular flexibility index (Phi) is 5.39. The van der Waals surface area contributed by atoms with E-state index in [2.05, 4.69) is 20.0 Å². The summed E-state index contributed by atoms with van der Waals surface area (Å²) in [5.74, 6) is 0.834. The Labute approximate surface area is 107 Å². The zero-order valence-electron chi connectivity index (χ0n) is 9.86. The van der Waals surface area contributed by atoms with Gasteiger partial charge in [0.15, 0.2) is 0 Å². The third-order valence-corrected chi connectivity index (χ3v) is 2.65. The average Bonchev–Trinajstić information content (AvgIpc) is 2.28. The molecule has 1 rings (SSSR count). The number of alkyl halides is 3. The lowest BCUT2D eigenvalue weighted by Gasteiger charge is -2.04. The van der Waals surface area contributed by atoms with Crippen LogP contribution in [0.4, 0.5) is 13.2 Å². The lowest BCUT2D eigenvalue weighted by Crippen LogP contribution is -2.14. The summed E-state index contributed by atoms with van der Waals surface area (Å²) in [6, 6.07) is 0. The van der Waals surface area contributed by atoms with Gasteiger partial charge in [-0.1, -0.05) is 12.1 Å². The van der Waals surface area contributed by atoms with E-state index >= 15 is 0 Å². The second-order valence-electron chi connectivity index (χ2n) is 3.24. The van der Waals surface area contributed by atoms with Crippen molar-refractivity contribution in [3.05, 3.63) is 17.6 Å². The van der Waals surface area contributed by atoms with Gasteiger partial charge in [0, 0.05) is 0 Å². The number of oxime groups is 1. The molecule has 0 amide bonds. The molecule has 0 N–H and O–H groups in total. The molecule has 0 unspecified atom stereocenters. The van der Waals surface area contributed by atoms with Gasteiger partial charge in [-0.25, -0.2) is 4.98 Å². The van der Waals surface area contributed by atoms with E-state index in [4.69, 9.17) is 0 Å². The SMILES string of the molecule is CCSc1nc(/C=N/OCC(F)(F)F)cnc1C. The fourth-order valence-corrected chi connectivity index (χ4v) is 1.69. The van der Waals surface area contributed by atoms with Crippen LogP contribution in [-0.2, 0) is 4.84 Å². The van der Waals surface area contributed by atoms with E-state index in [1.54, 1.807) is 0 Å². The fourth-order valence-electron chi connectivity index (χ4n) is 0.983. The normalized spacial score (nSPS) is 12.1. The highest BCUT2D eigenvalue weighted by molar-refractivity contribution is 7.99. The number of hydrogen-bond donors (Lipinski definition) is 0. The van der Waals surface area contributed by atoms with E-state index in [0.29, 0.717) is 5.69 Å². The predicted octanol–water partition coefficient (Wildman–Crippen LogP) is 2.81. The molecule has 0 aliphatic carbocycles. The van der Waals surface area contributed by atoms with Gasteiger partial charge in [-0.05, 0) is 12.7 Å². The fraction of sp³-hybridized carbons (Fsp3) is 0.500. The van der Waals surface area contributed by atoms with Crippen LogP contribution in [0.2, 0.25) is 0 Å². The van der Waals surface area contributed by atoms with Crippen LogP contribution < -0.4 is 0 Å². The first kappa shape index (κ1) is 14.7. The van der Waals surface area contributed by atoms with E-state index in [0.717, 1.165) is 22.7 Å². The van der Waals surface area contributed by atoms with Crippen LogP contribution in [-0.4, -0.2) is 34.7 Å². The molecule has 0 saturated carbocycles. The molecule has 100 valence electrons. The number of aromatic nitrogens is 2. The maximum Gasteiger partial charge on any atom is 0.425 e. The Balaban J connectivity index is 2.62. The van der Waals surface area contributed by atoms with Crippen LogP contribution >= 0.6 is 11.8 Å². The van der Waals surface area contributed by atoms with E-state index in [9.17, 15) is 13.2 Å². The van der Waals surface area contributed by atoms with Crippen molar-refractivity contribution >= 4 is 18.0 Å². The molecule has 0 radical (unpaired) electrons. The van der Waals surface area contributed by atoms with E-state index in [1.807, 2.05) is 13.8 Å². The highest BCUT2D eigenvalue weighted by Crippen LogP contribution is 2.17. The van der Waals surface area contributed by atoms with Gasteiger partial charge in [0.1, 0.15) is 10.7 Å². The molecule has 1 aromatic heterocycles. The van der Waals surface area contributed by atoms with Crippen molar-refractivity contribution in [2.24, 2.45) is 5.16 Å². The minimum absolute atomic E-state index is 0.360. The van der Waals surface area contributed by atoms with Crippen molar-refractivity contribution in [3.8, 4) is 0 Å². The molecule has 0 aliphatic heterocycles. The molecule has 0 bridgehead atoms. The Hall–Kier alpha value is -1.31. The highest BCUT2D eigenvalue weighted by atomic mass is 32.2. The van der Waals surface area contributed by atoms with Crippen LogP contribution in [0.15, 0.2) is 16.4 Å². The maximum atomic E-state index is 11.8. The van der Waals surface area contributed by atoms with Crippen molar-refractivity contribution in [3.63, 3.8) is 0 Å². The number of thioether (sulfide) groups is 1. The maximum absolute atomic E-state index is 11.8. The first-order valence-corrected chi connectivity index (χ1v) is 6.09. The summed E-state index contributed by atoms with van der Waals surface area (Å²) in [6.45, 7) is 2.37. The summed E-state index contributed by atoms with van der Waals surface area (Å²) < 4.78 is 35.3. The molecule has 1 aromatic rings. The van der Waals surface area contributed by atoms with Gasteiger partial charge in [-0.2, -0.15) is 13.2 Å². The van der Waals surface area contributed by atoms with Gasteiger partial charge >= 0.3 is 6.18 Å². The summed E-state index contributed by atoms with van der Waals surface area (Å²) in [5, 5.41) is 3.93. The second kappa shape index (κ2) is 6.58. The minimum atomic E-state index is -4.39. The molecule has 0 fully saturated rings. The smallest absolute Gasteiger partial charge is 0.386 e. The van der Waals surface area contributed by atoms with Gasteiger partial charge in [0.25, 0.3) is 0 Å². The molecule has 18 heavy (non-hydrogen) atoms. The van der Waals surface area contributed by atoms with Crippen LogP contribution in [0.5, 0.6) is 0 Å². The van der Waals surface area contributed by atoms with Gasteiger partial charge < -0.3 is 4.84 Å². The molecular formula is C10H12F3N3OS. The molecule has 4 nitrogen and oxygen atoms in total. The van der Waals surface area contributed by atoms with Gasteiger partial charge in [0.05, 0.1) is 18.1 Å². The van der Waals surface area contributed by atoms with Gasteiger partial charge in [-0.15, -0.1) is 11.8 Å². The van der Waals surface area contributed by atoms with E-state index in [-0.39, 0.29) is 0 Å². The van der Waals surface area contributed by atoms with Crippen LogP contribution in [0.25, 0.3) is 0 Å². The molecule has 0 aliphatic rings. The van der Waals surface area contributed by atoms with Crippen molar-refractivity contribution in [2.75, 3.05) is 12.4 Å². The molecular weight excluding hydrogens is 267 g/mol. The first-order chi connectivity index (χ1) is 8.42. The monoisotopic (exact) mass is 279 g/mol. The summed E-state index contributed by atoms with van der Waals surface area (Å²) in [7, 11) is 0. The Morgan fingerprint density at radius 1 is 1.50 bits per heavy atom. The van der Waals surface area contributed by atoms with Gasteiger partial charge in [-0.3, -0.25) is 4.98 Å². The Morgan fingerprint density at radius 3 is 2.83 bits per heavy atom. The van der Waals surface area contributed by atoms with E-state index in [1.165, 1.54) is 18.0 Å². The second-order valence-corrected chi connectivity index (χ2v) is 4.49. The zero-order chi connectivity index (χ0) is 13.6. The van der Waals surface area contributed by atoms with E-state index < -0.39 is 12.8 Å². The minimum Gasteiger partial charge on any atom is -0.386 e. The molecule has 0 saturated heterocycles. The lowest BCUT2D eigenvalue weighted by atomic mass is 10.4. The zero-order valence-corrected chi connectivity index (χ0v) is 10.7. The molecule has 8 heteroatoms. The number of nitrogens with zero attached hydrogens (tertiary/aromatic N) is 3. The largest absolute Gasteiger partial charge is 0.425 e. The standard InChI is InChI=1S/C10H12F3N3OS/c1-3-18-9-7(2)14-4-8(16-9)5-15-17-6-10(11,12)13/h4-5H,3,6H2,1-2H3/b15-5+. The number of rotatable bonds is 5. The molecule has 0 aromatic carbocycles. The number of hydrogen-bond acceptors (Lipinski definition) is 5. The highest BCUT2D eigenvalue weighted by Gasteiger charge is 2.28. The molecule has 0 spiro atoms. The summed E-state index contributed by atoms with van der Waals surface area (Å²) in [5.41, 5.74) is 1.13. The van der Waals surface area contributed by atoms with Crippen LogP contribution in [0, 0.1) is 6.92 Å². The lowest BCUT2D eigenvalue weighted by molar-refractivity contribution is -0.173.